The van der Waals surface area contributed by atoms with E-state index in [-0.39, 0.29) is 81.2 Å². The SMILES string of the molecule is CCC(C)(CC)C1CC(=O)N(CCCCCC(=O)NCC(=O)NCC(=O)N[C@@H](Cc2ccccc2)C(=O)NCC(=O)NCCOCC(N)=O)C1=O. The van der Waals surface area contributed by atoms with Crippen molar-refractivity contribution in [2.45, 2.75) is 78.2 Å². The summed E-state index contributed by atoms with van der Waals surface area (Å²) in [5, 5.41) is 12.5. The molecule has 1 aromatic rings. The molecular formula is C35H53N7O9. The molecule has 1 unspecified atom stereocenters. The van der Waals surface area contributed by atoms with Gasteiger partial charge in [0.25, 0.3) is 0 Å². The highest BCUT2D eigenvalue weighted by Crippen LogP contribution is 2.41. The van der Waals surface area contributed by atoms with E-state index in [0.29, 0.717) is 25.8 Å². The molecule has 2 atom stereocenters. The zero-order valence-electron chi connectivity index (χ0n) is 29.8. The zero-order valence-corrected chi connectivity index (χ0v) is 29.8. The molecule has 282 valence electrons. The molecule has 16 nitrogen and oxygen atoms in total. The summed E-state index contributed by atoms with van der Waals surface area (Å²) in [7, 11) is 0. The summed E-state index contributed by atoms with van der Waals surface area (Å²) in [6.07, 6.45) is 3.86. The molecule has 0 spiro atoms. The van der Waals surface area contributed by atoms with Gasteiger partial charge in [-0.15, -0.1) is 0 Å². The summed E-state index contributed by atoms with van der Waals surface area (Å²) >= 11 is 0. The molecule has 0 aromatic heterocycles. The van der Waals surface area contributed by atoms with Gasteiger partial charge in [0.2, 0.25) is 47.3 Å². The molecule has 7 N–H and O–H groups in total. The van der Waals surface area contributed by atoms with Crippen molar-refractivity contribution in [3.05, 3.63) is 35.9 Å². The van der Waals surface area contributed by atoms with Gasteiger partial charge in [0.15, 0.2) is 0 Å². The molecule has 1 aliphatic rings. The van der Waals surface area contributed by atoms with E-state index in [1.165, 1.54) is 4.90 Å². The summed E-state index contributed by atoms with van der Waals surface area (Å²) in [5.74, 6) is -3.94. The van der Waals surface area contributed by atoms with Crippen LogP contribution >= 0.6 is 0 Å². The first kappa shape index (κ1) is 42.3. The first-order valence-corrected chi connectivity index (χ1v) is 17.4. The van der Waals surface area contributed by atoms with Crippen molar-refractivity contribution in [3.63, 3.8) is 0 Å². The van der Waals surface area contributed by atoms with E-state index in [9.17, 15) is 38.4 Å². The van der Waals surface area contributed by atoms with Gasteiger partial charge in [0.05, 0.1) is 32.2 Å². The molecule has 0 saturated carbocycles. The number of hydrogen-bond donors (Lipinski definition) is 6. The average Bonchev–Trinajstić information content (AvgIpc) is 3.40. The molecule has 1 aliphatic heterocycles. The molecule has 0 aliphatic carbocycles. The zero-order chi connectivity index (χ0) is 37.8. The third-order valence-corrected chi connectivity index (χ3v) is 9.05. The maximum absolute atomic E-state index is 12.9. The van der Waals surface area contributed by atoms with Gasteiger partial charge in [-0.25, -0.2) is 0 Å². The topological polar surface area (TPSA) is 235 Å². The van der Waals surface area contributed by atoms with Crippen LogP contribution in [0.15, 0.2) is 30.3 Å². The van der Waals surface area contributed by atoms with E-state index in [4.69, 9.17) is 10.5 Å². The molecule has 0 bridgehead atoms. The van der Waals surface area contributed by atoms with Gasteiger partial charge in [-0.2, -0.15) is 0 Å². The molecule has 1 heterocycles. The third-order valence-electron chi connectivity index (χ3n) is 9.05. The molecule has 1 saturated heterocycles. The van der Waals surface area contributed by atoms with Crippen molar-refractivity contribution in [1.82, 2.24) is 31.5 Å². The van der Waals surface area contributed by atoms with Gasteiger partial charge >= 0.3 is 0 Å². The highest BCUT2D eigenvalue weighted by atomic mass is 16.5. The Bertz CT molecular complexity index is 1370. The standard InChI is InChI=1S/C35H53N7O9/c1-4-35(3,5-2)25-19-32(48)42(34(25)50)16-11-7-10-14-28(44)38-20-30(46)39-22-31(47)41-26(18-24-12-8-6-9-13-24)33(49)40-21-29(45)37-15-17-51-23-27(36)43/h6,8-9,12-13,25-26H,4-5,7,10-11,14-23H2,1-3H3,(H2,36,43)(H,37,45)(H,38,44)(H,39,46)(H,40,49)(H,41,47)/t25?,26-/m0/s1. The summed E-state index contributed by atoms with van der Waals surface area (Å²) in [4.78, 5) is 99.6. The number of nitrogens with two attached hydrogens (primary N) is 1. The number of rotatable bonds is 24. The number of amides is 8. The predicted octanol–water partition coefficient (Wildman–Crippen LogP) is -0.558. The number of likely N-dealkylation sites (tertiary alicyclic amines) is 1. The Morgan fingerprint density at radius 3 is 2.16 bits per heavy atom. The third kappa shape index (κ3) is 15.3. The van der Waals surface area contributed by atoms with Crippen LogP contribution in [-0.4, -0.2) is 104 Å². The number of ether oxygens (including phenoxy) is 1. The molecule has 0 radical (unpaired) electrons. The Morgan fingerprint density at radius 2 is 1.49 bits per heavy atom. The largest absolute Gasteiger partial charge is 0.370 e. The fraction of sp³-hybridized carbons (Fsp3) is 0.600. The number of benzene rings is 1. The number of carbonyl (C=O) groups is 8. The van der Waals surface area contributed by atoms with Crippen LogP contribution in [0, 0.1) is 11.3 Å². The van der Waals surface area contributed by atoms with Crippen LogP contribution in [0.2, 0.25) is 0 Å². The number of imide groups is 1. The van der Waals surface area contributed by atoms with Crippen molar-refractivity contribution in [1.29, 1.82) is 0 Å². The van der Waals surface area contributed by atoms with Gasteiger partial charge in [0, 0.05) is 32.4 Å². The normalized spacial score (nSPS) is 14.8. The maximum atomic E-state index is 12.9. The lowest BCUT2D eigenvalue weighted by molar-refractivity contribution is -0.141. The molecule has 1 fully saturated rings. The van der Waals surface area contributed by atoms with Gasteiger partial charge < -0.3 is 37.1 Å². The Morgan fingerprint density at radius 1 is 0.863 bits per heavy atom. The van der Waals surface area contributed by atoms with Crippen LogP contribution in [0.4, 0.5) is 0 Å². The average molecular weight is 716 g/mol. The lowest BCUT2D eigenvalue weighted by Gasteiger charge is -2.31. The Kier molecular flexibility index (Phi) is 18.3. The molecule has 8 amide bonds. The Balaban J connectivity index is 1.70. The number of hydrogen-bond acceptors (Lipinski definition) is 9. The molecule has 16 heteroatoms. The Hall–Kier alpha value is -4.86. The van der Waals surface area contributed by atoms with E-state index >= 15 is 0 Å². The summed E-state index contributed by atoms with van der Waals surface area (Å²) in [5.41, 5.74) is 5.52. The van der Waals surface area contributed by atoms with Crippen LogP contribution in [0.1, 0.15) is 71.3 Å². The first-order chi connectivity index (χ1) is 24.3. The first-order valence-electron chi connectivity index (χ1n) is 17.4. The van der Waals surface area contributed by atoms with E-state index in [1.54, 1.807) is 30.3 Å². The van der Waals surface area contributed by atoms with E-state index in [1.807, 2.05) is 13.8 Å². The summed E-state index contributed by atoms with van der Waals surface area (Å²) < 4.78 is 4.95. The summed E-state index contributed by atoms with van der Waals surface area (Å²) in [6, 6.07) is 7.84. The minimum absolute atomic E-state index is 0.0519. The second kappa shape index (κ2) is 22.1. The molecular weight excluding hydrogens is 662 g/mol. The second-order valence-corrected chi connectivity index (χ2v) is 12.8. The predicted molar refractivity (Wildman–Crippen MR) is 186 cm³/mol. The van der Waals surface area contributed by atoms with E-state index in [2.05, 4.69) is 33.5 Å². The Labute approximate surface area is 298 Å². The van der Waals surface area contributed by atoms with E-state index in [0.717, 1.165) is 18.4 Å². The highest BCUT2D eigenvalue weighted by molar-refractivity contribution is 6.04. The fourth-order valence-electron chi connectivity index (χ4n) is 5.54. The minimum atomic E-state index is -1.06. The molecule has 2 rings (SSSR count). The van der Waals surface area contributed by atoms with Crippen LogP contribution in [0.5, 0.6) is 0 Å². The van der Waals surface area contributed by atoms with Crippen molar-refractivity contribution in [2.24, 2.45) is 17.1 Å². The van der Waals surface area contributed by atoms with Crippen LogP contribution < -0.4 is 32.3 Å². The van der Waals surface area contributed by atoms with Crippen molar-refractivity contribution < 1.29 is 43.1 Å². The monoisotopic (exact) mass is 715 g/mol. The van der Waals surface area contributed by atoms with Gasteiger partial charge in [-0.05, 0) is 36.7 Å². The number of carbonyl (C=O) groups excluding carboxylic acids is 8. The number of nitrogens with one attached hydrogen (secondary N) is 5. The lowest BCUT2D eigenvalue weighted by Crippen LogP contribution is -2.52. The van der Waals surface area contributed by atoms with Crippen molar-refractivity contribution in [2.75, 3.05) is 45.9 Å². The van der Waals surface area contributed by atoms with Crippen molar-refractivity contribution in [3.8, 4) is 0 Å². The highest BCUT2D eigenvalue weighted by Gasteiger charge is 2.46. The number of primary amides is 1. The smallest absolute Gasteiger partial charge is 0.243 e. The fourth-order valence-corrected chi connectivity index (χ4v) is 5.54. The number of unbranched alkanes of at least 4 members (excludes halogenated alkanes) is 2. The van der Waals surface area contributed by atoms with Crippen molar-refractivity contribution >= 4 is 47.3 Å². The summed E-state index contributed by atoms with van der Waals surface area (Å²) in [6.45, 7) is 5.13. The molecule has 1 aromatic carbocycles. The van der Waals surface area contributed by atoms with Gasteiger partial charge in [-0.1, -0.05) is 57.5 Å². The maximum Gasteiger partial charge on any atom is 0.243 e. The number of nitrogens with zero attached hydrogens (tertiary/aromatic N) is 1. The van der Waals surface area contributed by atoms with Gasteiger partial charge in [-0.3, -0.25) is 43.3 Å². The molecule has 51 heavy (non-hydrogen) atoms. The lowest BCUT2D eigenvalue weighted by atomic mass is 9.72. The van der Waals surface area contributed by atoms with Crippen LogP contribution in [-0.2, 0) is 49.5 Å². The van der Waals surface area contributed by atoms with Crippen LogP contribution in [0.25, 0.3) is 0 Å². The van der Waals surface area contributed by atoms with E-state index < -0.39 is 42.1 Å². The second-order valence-electron chi connectivity index (χ2n) is 12.8. The van der Waals surface area contributed by atoms with Gasteiger partial charge in [0.1, 0.15) is 12.6 Å². The minimum Gasteiger partial charge on any atom is -0.370 e. The quantitative estimate of drug-likeness (QED) is 0.0594. The van der Waals surface area contributed by atoms with Crippen LogP contribution in [0.3, 0.4) is 0 Å².